The highest BCUT2D eigenvalue weighted by molar-refractivity contribution is 6.36. The zero-order valence-corrected chi connectivity index (χ0v) is 7.08. The van der Waals surface area contributed by atoms with E-state index in [0.29, 0.717) is 25.6 Å². The van der Waals surface area contributed by atoms with Crippen molar-refractivity contribution in [3.63, 3.8) is 0 Å². The molecule has 0 aromatic carbocycles. The second-order valence-corrected chi connectivity index (χ2v) is 3.12. The third kappa shape index (κ3) is 2.95. The lowest BCUT2D eigenvalue weighted by atomic mass is 9.98. The molecule has 0 aliphatic carbocycles. The average molecular weight is 185 g/mol. The highest BCUT2D eigenvalue weighted by Gasteiger charge is 2.22. The van der Waals surface area contributed by atoms with Gasteiger partial charge in [-0.3, -0.25) is 4.79 Å². The highest BCUT2D eigenvalue weighted by atomic mass is 16.5. The van der Waals surface area contributed by atoms with Crippen LogP contribution in [0.1, 0.15) is 12.8 Å². The molecular weight excluding hydrogens is 174 g/mol. The minimum atomic E-state index is -1.46. The summed E-state index contributed by atoms with van der Waals surface area (Å²) in [6, 6.07) is 0. The third-order valence-electron chi connectivity index (χ3n) is 1.85. The van der Waals surface area contributed by atoms with E-state index in [-0.39, 0.29) is 12.1 Å². The van der Waals surface area contributed by atoms with Crippen LogP contribution in [-0.2, 0) is 14.3 Å². The molecule has 0 atom stereocenters. The normalized spacial score (nSPS) is 16.3. The fraction of sp³-hybridized carbons (Fsp3) is 0.625. The summed E-state index contributed by atoms with van der Waals surface area (Å²) in [6.07, 6.45) is 0.199. The van der Waals surface area contributed by atoms with Gasteiger partial charge in [0.1, 0.15) is 0 Å². The van der Waals surface area contributed by atoms with E-state index in [4.69, 9.17) is 15.3 Å². The summed E-state index contributed by atoms with van der Waals surface area (Å²) >= 11 is 0. The van der Waals surface area contributed by atoms with Crippen LogP contribution in [0.2, 0.25) is 0 Å². The van der Waals surface area contributed by atoms with Gasteiger partial charge in [0.25, 0.3) is 0 Å². The number of hydrogen-bond acceptors (Lipinski definition) is 4. The molecule has 0 aromatic heterocycles. The maximum Gasteiger partial charge on any atom is 0.372 e. The zero-order valence-electron chi connectivity index (χ0n) is 7.08. The number of carbonyl (C=O) groups is 2. The van der Waals surface area contributed by atoms with Crippen LogP contribution < -0.4 is 0 Å². The van der Waals surface area contributed by atoms with E-state index in [1.54, 1.807) is 0 Å². The first-order chi connectivity index (χ1) is 6.09. The van der Waals surface area contributed by atoms with Crippen molar-refractivity contribution >= 4 is 17.5 Å². The lowest BCUT2D eigenvalue weighted by molar-refractivity contribution is -0.148. The van der Waals surface area contributed by atoms with Gasteiger partial charge in [0.2, 0.25) is 5.78 Å². The van der Waals surface area contributed by atoms with E-state index in [0.717, 1.165) is 0 Å². The highest BCUT2D eigenvalue weighted by Crippen LogP contribution is 2.15. The summed E-state index contributed by atoms with van der Waals surface area (Å²) in [6.45, 7) is 1.23. The van der Waals surface area contributed by atoms with Crippen LogP contribution in [0.25, 0.3) is 0 Å². The second kappa shape index (κ2) is 4.13. The first-order valence-corrected chi connectivity index (χ1v) is 3.99. The molecule has 0 bridgehead atoms. The molecule has 1 aliphatic rings. The SMILES string of the molecule is N=C(CC(=O)C(=O)O)CC1COC1. The van der Waals surface area contributed by atoms with Crippen LogP contribution in [0.3, 0.4) is 0 Å². The number of Topliss-reactive ketones (excluding diaryl/α,β-unsaturated/α-hetero) is 1. The molecule has 1 fully saturated rings. The lowest BCUT2D eigenvalue weighted by Crippen LogP contribution is -2.30. The van der Waals surface area contributed by atoms with E-state index in [1.165, 1.54) is 0 Å². The number of rotatable bonds is 5. The maximum atomic E-state index is 10.7. The topological polar surface area (TPSA) is 87.5 Å². The Balaban J connectivity index is 2.23. The van der Waals surface area contributed by atoms with Gasteiger partial charge in [-0.05, 0) is 6.42 Å². The minimum Gasteiger partial charge on any atom is -0.475 e. The molecule has 1 rings (SSSR count). The van der Waals surface area contributed by atoms with Crippen LogP contribution in [-0.4, -0.2) is 35.8 Å². The van der Waals surface area contributed by atoms with Crippen molar-refractivity contribution in [2.45, 2.75) is 12.8 Å². The van der Waals surface area contributed by atoms with Crippen molar-refractivity contribution in [2.75, 3.05) is 13.2 Å². The fourth-order valence-electron chi connectivity index (χ4n) is 1.09. The Bertz CT molecular complexity index is 245. The second-order valence-electron chi connectivity index (χ2n) is 3.12. The Morgan fingerprint density at radius 3 is 2.46 bits per heavy atom. The summed E-state index contributed by atoms with van der Waals surface area (Å²) in [5.41, 5.74) is 0.181. The van der Waals surface area contributed by atoms with Gasteiger partial charge in [-0.2, -0.15) is 0 Å². The molecule has 5 heteroatoms. The summed E-state index contributed by atoms with van der Waals surface area (Å²) < 4.78 is 4.89. The first-order valence-electron chi connectivity index (χ1n) is 3.99. The van der Waals surface area contributed by atoms with E-state index >= 15 is 0 Å². The van der Waals surface area contributed by atoms with E-state index < -0.39 is 11.8 Å². The summed E-state index contributed by atoms with van der Waals surface area (Å²) in [5.74, 6) is -2.08. The van der Waals surface area contributed by atoms with Crippen LogP contribution in [0.5, 0.6) is 0 Å². The Morgan fingerprint density at radius 1 is 1.46 bits per heavy atom. The maximum absolute atomic E-state index is 10.7. The largest absolute Gasteiger partial charge is 0.475 e. The molecule has 0 radical (unpaired) electrons. The third-order valence-corrected chi connectivity index (χ3v) is 1.85. The zero-order chi connectivity index (χ0) is 9.84. The minimum absolute atomic E-state index is 0.181. The predicted molar refractivity (Wildman–Crippen MR) is 43.9 cm³/mol. The average Bonchev–Trinajstić information content (AvgIpc) is 1.96. The summed E-state index contributed by atoms with van der Waals surface area (Å²) in [7, 11) is 0. The quantitative estimate of drug-likeness (QED) is 0.469. The molecule has 1 aliphatic heterocycles. The number of aliphatic carboxylic acids is 1. The van der Waals surface area contributed by atoms with Crippen molar-refractivity contribution in [1.29, 1.82) is 5.41 Å². The molecule has 2 N–H and O–H groups in total. The predicted octanol–water partition coefficient (Wildman–Crippen LogP) is 0.0865. The lowest BCUT2D eigenvalue weighted by Gasteiger charge is -2.25. The van der Waals surface area contributed by atoms with Crippen molar-refractivity contribution in [1.82, 2.24) is 0 Å². The van der Waals surface area contributed by atoms with Gasteiger partial charge in [0, 0.05) is 11.6 Å². The van der Waals surface area contributed by atoms with Gasteiger partial charge in [0.05, 0.1) is 19.6 Å². The summed E-state index contributed by atoms with van der Waals surface area (Å²) in [4.78, 5) is 20.8. The van der Waals surface area contributed by atoms with Gasteiger partial charge in [0.15, 0.2) is 0 Å². The standard InChI is InChI=1S/C8H11NO4/c9-6(1-5-3-13-4-5)2-7(10)8(11)12/h5,9H,1-4H2,(H,11,12). The molecule has 1 heterocycles. The van der Waals surface area contributed by atoms with Crippen molar-refractivity contribution in [3.05, 3.63) is 0 Å². The molecule has 5 nitrogen and oxygen atoms in total. The number of carbonyl (C=O) groups excluding carboxylic acids is 1. The van der Waals surface area contributed by atoms with Gasteiger partial charge in [-0.25, -0.2) is 4.79 Å². The van der Waals surface area contributed by atoms with Gasteiger partial charge < -0.3 is 15.3 Å². The van der Waals surface area contributed by atoms with E-state index in [2.05, 4.69) is 0 Å². The summed E-state index contributed by atoms with van der Waals surface area (Å²) in [5, 5.41) is 15.6. The fourth-order valence-corrected chi connectivity index (χ4v) is 1.09. The van der Waals surface area contributed by atoms with Crippen LogP contribution in [0.15, 0.2) is 0 Å². The Morgan fingerprint density at radius 2 is 2.08 bits per heavy atom. The number of carboxylic acid groups (broad SMARTS) is 1. The van der Waals surface area contributed by atoms with Crippen LogP contribution in [0.4, 0.5) is 0 Å². The van der Waals surface area contributed by atoms with E-state index in [9.17, 15) is 9.59 Å². The molecule has 0 spiro atoms. The molecule has 0 aromatic rings. The molecule has 72 valence electrons. The van der Waals surface area contributed by atoms with Gasteiger partial charge in [-0.15, -0.1) is 0 Å². The number of ketones is 1. The van der Waals surface area contributed by atoms with Gasteiger partial charge in [-0.1, -0.05) is 0 Å². The van der Waals surface area contributed by atoms with Crippen LogP contribution >= 0.6 is 0 Å². The number of carboxylic acids is 1. The van der Waals surface area contributed by atoms with E-state index in [1.807, 2.05) is 0 Å². The number of ether oxygens (including phenoxy) is 1. The van der Waals surface area contributed by atoms with Crippen molar-refractivity contribution < 1.29 is 19.4 Å². The molecule has 0 saturated carbocycles. The first kappa shape index (κ1) is 9.85. The number of hydrogen-bond donors (Lipinski definition) is 2. The molecular formula is C8H11NO4. The van der Waals surface area contributed by atoms with Crippen molar-refractivity contribution in [3.8, 4) is 0 Å². The van der Waals surface area contributed by atoms with Crippen molar-refractivity contribution in [2.24, 2.45) is 5.92 Å². The Kier molecular flexibility index (Phi) is 3.13. The Labute approximate surface area is 75.2 Å². The Hall–Kier alpha value is -1.23. The molecule has 0 unspecified atom stereocenters. The molecule has 1 saturated heterocycles. The van der Waals surface area contributed by atoms with Gasteiger partial charge >= 0.3 is 5.97 Å². The molecule has 13 heavy (non-hydrogen) atoms. The smallest absolute Gasteiger partial charge is 0.372 e. The number of nitrogens with one attached hydrogen (secondary N) is 1. The van der Waals surface area contributed by atoms with Crippen LogP contribution in [0, 0.1) is 11.3 Å². The monoisotopic (exact) mass is 185 g/mol. The molecule has 0 amide bonds.